The highest BCUT2D eigenvalue weighted by Gasteiger charge is 2.31. The molecule has 6 nitrogen and oxygen atoms in total. The van der Waals surface area contributed by atoms with Crippen LogP contribution in [0.2, 0.25) is 0 Å². The molecule has 0 aromatic rings. The lowest BCUT2D eigenvalue weighted by atomic mass is 9.85. The lowest BCUT2D eigenvalue weighted by Crippen LogP contribution is -2.49. The van der Waals surface area contributed by atoms with Crippen molar-refractivity contribution in [1.82, 2.24) is 10.2 Å². The van der Waals surface area contributed by atoms with Crippen LogP contribution >= 0.6 is 11.8 Å². The van der Waals surface area contributed by atoms with Crippen molar-refractivity contribution in [1.29, 1.82) is 0 Å². The lowest BCUT2D eigenvalue weighted by Gasteiger charge is -2.34. The van der Waals surface area contributed by atoms with Crippen LogP contribution in [0, 0.1) is 5.92 Å². The maximum Gasteiger partial charge on any atom is 0.239 e. The summed E-state index contributed by atoms with van der Waals surface area (Å²) in [6.07, 6.45) is 3.41. The molecule has 2 aliphatic rings. The number of carbonyl (C=O) groups excluding carboxylic acids is 2. The van der Waals surface area contributed by atoms with Crippen LogP contribution in [0.1, 0.15) is 25.7 Å². The van der Waals surface area contributed by atoms with E-state index in [1.54, 1.807) is 0 Å². The van der Waals surface area contributed by atoms with E-state index in [4.69, 9.17) is 10.5 Å². The molecule has 2 rings (SSSR count). The molecule has 2 fully saturated rings. The Labute approximate surface area is 136 Å². The van der Waals surface area contributed by atoms with Gasteiger partial charge in [0.2, 0.25) is 11.8 Å². The van der Waals surface area contributed by atoms with Gasteiger partial charge in [0.05, 0.1) is 6.61 Å². The van der Waals surface area contributed by atoms with Crippen LogP contribution in [-0.2, 0) is 14.3 Å². The van der Waals surface area contributed by atoms with E-state index in [9.17, 15) is 9.59 Å². The smallest absolute Gasteiger partial charge is 0.239 e. The van der Waals surface area contributed by atoms with Crippen LogP contribution in [0.3, 0.4) is 0 Å². The Kier molecular flexibility index (Phi) is 6.98. The number of amides is 2. The first-order chi connectivity index (χ1) is 10.6. The number of rotatable bonds is 5. The molecule has 1 unspecified atom stereocenters. The summed E-state index contributed by atoms with van der Waals surface area (Å²) in [5.41, 5.74) is 5.72. The predicted molar refractivity (Wildman–Crippen MR) is 87.6 cm³/mol. The van der Waals surface area contributed by atoms with Gasteiger partial charge in [-0.15, -0.1) is 0 Å². The van der Waals surface area contributed by atoms with Crippen molar-refractivity contribution in [2.24, 2.45) is 11.7 Å². The Balaban J connectivity index is 1.73. The summed E-state index contributed by atoms with van der Waals surface area (Å²) in [7, 11) is 1.53. The molecule has 1 aliphatic carbocycles. The van der Waals surface area contributed by atoms with Gasteiger partial charge >= 0.3 is 0 Å². The number of carbonyl (C=O) groups is 2. The summed E-state index contributed by atoms with van der Waals surface area (Å²) >= 11 is 1.91. The van der Waals surface area contributed by atoms with E-state index in [0.29, 0.717) is 5.91 Å². The number of nitrogens with one attached hydrogen (secondary N) is 1. The van der Waals surface area contributed by atoms with Crippen molar-refractivity contribution in [3.63, 3.8) is 0 Å². The van der Waals surface area contributed by atoms with Gasteiger partial charge in [0.1, 0.15) is 6.04 Å². The third-order valence-corrected chi connectivity index (χ3v) is 5.37. The fraction of sp³-hybridized carbons (Fsp3) is 0.867. The van der Waals surface area contributed by atoms with E-state index in [0.717, 1.165) is 50.3 Å². The van der Waals surface area contributed by atoms with E-state index in [1.165, 1.54) is 7.11 Å². The van der Waals surface area contributed by atoms with Gasteiger partial charge in [0, 0.05) is 43.7 Å². The van der Waals surface area contributed by atoms with E-state index >= 15 is 0 Å². The number of ether oxygens (including phenoxy) is 1. The molecule has 1 atom stereocenters. The van der Waals surface area contributed by atoms with Crippen LogP contribution in [0.4, 0.5) is 0 Å². The van der Waals surface area contributed by atoms with Gasteiger partial charge in [0.15, 0.2) is 0 Å². The molecular formula is C15H27N3O3S. The maximum atomic E-state index is 12.5. The molecule has 1 aliphatic heterocycles. The Bertz CT molecular complexity index is 380. The first-order valence-electron chi connectivity index (χ1n) is 8.03. The van der Waals surface area contributed by atoms with E-state index < -0.39 is 6.04 Å². The number of hydrogen-bond acceptors (Lipinski definition) is 5. The van der Waals surface area contributed by atoms with E-state index in [2.05, 4.69) is 5.32 Å². The van der Waals surface area contributed by atoms with Gasteiger partial charge in [-0.2, -0.15) is 11.8 Å². The Hall–Kier alpha value is -0.790. The van der Waals surface area contributed by atoms with Crippen molar-refractivity contribution < 1.29 is 14.3 Å². The van der Waals surface area contributed by atoms with Crippen molar-refractivity contribution in [2.75, 3.05) is 38.3 Å². The fourth-order valence-electron chi connectivity index (χ4n) is 3.09. The normalized spacial score (nSPS) is 27.3. The van der Waals surface area contributed by atoms with Gasteiger partial charge in [-0.05, 0) is 25.7 Å². The summed E-state index contributed by atoms with van der Waals surface area (Å²) in [6, 6.07) is -0.480. The molecule has 0 aromatic carbocycles. The zero-order chi connectivity index (χ0) is 15.9. The molecule has 1 saturated carbocycles. The van der Waals surface area contributed by atoms with Crippen molar-refractivity contribution >= 4 is 23.6 Å². The monoisotopic (exact) mass is 329 g/mol. The summed E-state index contributed by atoms with van der Waals surface area (Å²) < 4.78 is 4.89. The fourth-order valence-corrected chi connectivity index (χ4v) is 3.99. The van der Waals surface area contributed by atoms with Crippen LogP contribution in [0.5, 0.6) is 0 Å². The third-order valence-electron chi connectivity index (χ3n) is 4.43. The highest BCUT2D eigenvalue weighted by atomic mass is 32.2. The van der Waals surface area contributed by atoms with Crippen molar-refractivity contribution in [2.45, 2.75) is 37.8 Å². The van der Waals surface area contributed by atoms with Gasteiger partial charge in [-0.3, -0.25) is 9.59 Å². The standard InChI is InChI=1S/C15H27N3O3S/c1-21-10-13(16)14(19)17-12-4-2-11(3-5-12)15(20)18-6-8-22-9-7-18/h11-13H,2-10,16H2,1H3,(H,17,19). The molecule has 7 heteroatoms. The number of thioether (sulfide) groups is 1. The molecule has 22 heavy (non-hydrogen) atoms. The van der Waals surface area contributed by atoms with Crippen molar-refractivity contribution in [3.05, 3.63) is 0 Å². The van der Waals surface area contributed by atoms with Crippen LogP contribution in [0.15, 0.2) is 0 Å². The first-order valence-corrected chi connectivity index (χ1v) is 9.18. The Morgan fingerprint density at radius 1 is 1.27 bits per heavy atom. The molecule has 0 bridgehead atoms. The average Bonchev–Trinajstić information content (AvgIpc) is 2.56. The summed E-state index contributed by atoms with van der Waals surface area (Å²) in [5.74, 6) is 2.37. The SMILES string of the molecule is COCC(N)C(=O)NC1CCC(C(=O)N2CCSCC2)CC1. The molecule has 0 spiro atoms. The number of hydrogen-bond donors (Lipinski definition) is 2. The molecule has 1 heterocycles. The van der Waals surface area contributed by atoms with Crippen LogP contribution < -0.4 is 11.1 Å². The number of methoxy groups -OCH3 is 1. The molecule has 2 amide bonds. The maximum absolute atomic E-state index is 12.5. The minimum absolute atomic E-state index is 0.129. The quantitative estimate of drug-likeness (QED) is 0.753. The topological polar surface area (TPSA) is 84.7 Å². The lowest BCUT2D eigenvalue weighted by molar-refractivity contribution is -0.136. The Morgan fingerprint density at radius 3 is 2.50 bits per heavy atom. The number of nitrogens with two attached hydrogens (primary N) is 1. The van der Waals surface area contributed by atoms with Crippen LogP contribution in [0.25, 0.3) is 0 Å². The second-order valence-electron chi connectivity index (χ2n) is 6.06. The van der Waals surface area contributed by atoms with E-state index in [1.807, 2.05) is 16.7 Å². The second-order valence-corrected chi connectivity index (χ2v) is 7.28. The molecular weight excluding hydrogens is 302 g/mol. The molecule has 1 saturated heterocycles. The zero-order valence-electron chi connectivity index (χ0n) is 13.3. The predicted octanol–water partition coefficient (Wildman–Crippen LogP) is 0.211. The highest BCUT2D eigenvalue weighted by molar-refractivity contribution is 7.99. The van der Waals surface area contributed by atoms with Gasteiger partial charge in [0.25, 0.3) is 0 Å². The summed E-state index contributed by atoms with van der Waals surface area (Å²) in [6.45, 7) is 1.99. The Morgan fingerprint density at radius 2 is 1.91 bits per heavy atom. The zero-order valence-corrected chi connectivity index (χ0v) is 14.1. The average molecular weight is 329 g/mol. The largest absolute Gasteiger partial charge is 0.383 e. The van der Waals surface area contributed by atoms with Gasteiger partial charge in [-0.25, -0.2) is 0 Å². The van der Waals surface area contributed by atoms with Crippen molar-refractivity contribution in [3.8, 4) is 0 Å². The molecule has 0 radical (unpaired) electrons. The number of nitrogens with zero attached hydrogens (tertiary/aromatic N) is 1. The minimum Gasteiger partial charge on any atom is -0.383 e. The van der Waals surface area contributed by atoms with Gasteiger partial charge < -0.3 is 20.7 Å². The van der Waals surface area contributed by atoms with Crippen LogP contribution in [-0.4, -0.2) is 67.1 Å². The molecule has 126 valence electrons. The molecule has 0 aromatic heterocycles. The van der Waals surface area contributed by atoms with Gasteiger partial charge in [-0.1, -0.05) is 0 Å². The summed E-state index contributed by atoms with van der Waals surface area (Å²) in [5, 5.41) is 2.97. The summed E-state index contributed by atoms with van der Waals surface area (Å²) in [4.78, 5) is 26.3. The highest BCUT2D eigenvalue weighted by Crippen LogP contribution is 2.27. The minimum atomic E-state index is -0.616. The molecule has 3 N–H and O–H groups in total. The third kappa shape index (κ3) is 4.86. The second kappa shape index (κ2) is 8.74. The first kappa shape index (κ1) is 17.6. The van der Waals surface area contributed by atoms with E-state index in [-0.39, 0.29) is 24.5 Å².